The van der Waals surface area contributed by atoms with Crippen LogP contribution in [0.5, 0.6) is 0 Å². The standard InChI is InChI=1S/C17H21BrClFN2O3/c1-10-9-21(5-6-22(10)16(24)25-17(2,3)4)15(23)11-7-12(18)13(19)8-14(11)20/h7-8,10H,5-6,9H2,1-4H3. The number of halogens is 3. The van der Waals surface area contributed by atoms with Gasteiger partial charge in [0.25, 0.3) is 5.91 Å². The number of carbonyl (C=O) groups excluding carboxylic acids is 2. The summed E-state index contributed by atoms with van der Waals surface area (Å²) >= 11 is 9.04. The molecule has 25 heavy (non-hydrogen) atoms. The maximum atomic E-state index is 14.1. The number of carbonyl (C=O) groups is 2. The van der Waals surface area contributed by atoms with Crippen molar-refractivity contribution in [1.82, 2.24) is 9.80 Å². The van der Waals surface area contributed by atoms with Crippen molar-refractivity contribution in [2.45, 2.75) is 39.3 Å². The first-order chi connectivity index (χ1) is 11.5. The van der Waals surface area contributed by atoms with Gasteiger partial charge < -0.3 is 14.5 Å². The molecule has 138 valence electrons. The van der Waals surface area contributed by atoms with E-state index in [2.05, 4.69) is 15.9 Å². The number of nitrogens with zero attached hydrogens (tertiary/aromatic N) is 2. The number of ether oxygens (including phenoxy) is 1. The molecule has 1 atom stereocenters. The predicted molar refractivity (Wildman–Crippen MR) is 97.4 cm³/mol. The summed E-state index contributed by atoms with van der Waals surface area (Å²) in [6.45, 7) is 8.18. The SMILES string of the molecule is CC1CN(C(=O)c2cc(Br)c(Cl)cc2F)CCN1C(=O)OC(C)(C)C. The fourth-order valence-corrected chi connectivity index (χ4v) is 3.08. The lowest BCUT2D eigenvalue weighted by atomic mass is 10.1. The highest BCUT2D eigenvalue weighted by Crippen LogP contribution is 2.27. The Labute approximate surface area is 160 Å². The van der Waals surface area contributed by atoms with E-state index in [0.29, 0.717) is 24.1 Å². The third-order valence-corrected chi connectivity index (χ3v) is 4.98. The Morgan fingerprint density at radius 2 is 1.96 bits per heavy atom. The summed E-state index contributed by atoms with van der Waals surface area (Å²) in [7, 11) is 0. The zero-order chi connectivity index (χ0) is 18.9. The van der Waals surface area contributed by atoms with E-state index in [4.69, 9.17) is 16.3 Å². The van der Waals surface area contributed by atoms with Gasteiger partial charge in [-0.15, -0.1) is 0 Å². The van der Waals surface area contributed by atoms with Gasteiger partial charge in [0.05, 0.1) is 10.6 Å². The molecule has 1 aromatic carbocycles. The highest BCUT2D eigenvalue weighted by Gasteiger charge is 2.33. The average molecular weight is 436 g/mol. The molecular formula is C17H21BrClFN2O3. The van der Waals surface area contributed by atoms with Crippen LogP contribution in [0.25, 0.3) is 0 Å². The van der Waals surface area contributed by atoms with Crippen LogP contribution in [0, 0.1) is 5.82 Å². The molecule has 0 N–H and O–H groups in total. The van der Waals surface area contributed by atoms with E-state index >= 15 is 0 Å². The van der Waals surface area contributed by atoms with Gasteiger partial charge in [-0.25, -0.2) is 9.18 Å². The molecule has 0 saturated carbocycles. The molecule has 2 amide bonds. The van der Waals surface area contributed by atoms with E-state index in [-0.39, 0.29) is 16.6 Å². The summed E-state index contributed by atoms with van der Waals surface area (Å²) < 4.78 is 19.9. The monoisotopic (exact) mass is 434 g/mol. The fourth-order valence-electron chi connectivity index (χ4n) is 2.59. The third-order valence-electron chi connectivity index (χ3n) is 3.78. The normalized spacial score (nSPS) is 18.3. The fraction of sp³-hybridized carbons (Fsp3) is 0.529. The molecule has 0 radical (unpaired) electrons. The van der Waals surface area contributed by atoms with E-state index in [1.165, 1.54) is 11.0 Å². The van der Waals surface area contributed by atoms with Crippen LogP contribution in [0.4, 0.5) is 9.18 Å². The van der Waals surface area contributed by atoms with E-state index in [1.54, 1.807) is 25.7 Å². The van der Waals surface area contributed by atoms with Gasteiger partial charge >= 0.3 is 6.09 Å². The van der Waals surface area contributed by atoms with Crippen LogP contribution in [0.3, 0.4) is 0 Å². The third kappa shape index (κ3) is 4.85. The van der Waals surface area contributed by atoms with Crippen molar-refractivity contribution >= 4 is 39.5 Å². The zero-order valence-electron chi connectivity index (χ0n) is 14.6. The van der Waals surface area contributed by atoms with Crippen molar-refractivity contribution in [3.8, 4) is 0 Å². The number of rotatable bonds is 1. The molecule has 5 nitrogen and oxygen atoms in total. The smallest absolute Gasteiger partial charge is 0.410 e. The first kappa shape index (κ1) is 20.0. The Hall–Kier alpha value is -1.34. The molecular weight excluding hydrogens is 415 g/mol. The molecule has 1 unspecified atom stereocenters. The molecule has 1 aliphatic rings. The summed E-state index contributed by atoms with van der Waals surface area (Å²) in [6, 6.07) is 2.26. The van der Waals surface area contributed by atoms with E-state index in [1.807, 2.05) is 6.92 Å². The molecule has 1 aromatic rings. The van der Waals surface area contributed by atoms with Crippen LogP contribution in [-0.4, -0.2) is 53.1 Å². The molecule has 0 bridgehead atoms. The Balaban J connectivity index is 2.09. The lowest BCUT2D eigenvalue weighted by Crippen LogP contribution is -2.56. The minimum Gasteiger partial charge on any atom is -0.444 e. The van der Waals surface area contributed by atoms with Crippen molar-refractivity contribution in [3.63, 3.8) is 0 Å². The van der Waals surface area contributed by atoms with Crippen molar-refractivity contribution in [2.24, 2.45) is 0 Å². The largest absolute Gasteiger partial charge is 0.444 e. The maximum Gasteiger partial charge on any atom is 0.410 e. The summed E-state index contributed by atoms with van der Waals surface area (Å²) in [5, 5.41) is 0.206. The van der Waals surface area contributed by atoms with Gasteiger partial charge in [-0.3, -0.25) is 4.79 Å². The molecule has 1 fully saturated rings. The zero-order valence-corrected chi connectivity index (χ0v) is 16.9. The van der Waals surface area contributed by atoms with Gasteiger partial charge in [-0.05, 0) is 55.8 Å². The summed E-state index contributed by atoms with van der Waals surface area (Å²) in [5.41, 5.74) is -0.628. The quantitative estimate of drug-likeness (QED) is 0.617. The molecule has 0 aliphatic carbocycles. The van der Waals surface area contributed by atoms with Crippen LogP contribution in [-0.2, 0) is 4.74 Å². The van der Waals surface area contributed by atoms with Crippen molar-refractivity contribution in [1.29, 1.82) is 0 Å². The number of hydrogen-bond acceptors (Lipinski definition) is 3. The second kappa shape index (κ2) is 7.50. The molecule has 1 saturated heterocycles. The van der Waals surface area contributed by atoms with Gasteiger partial charge in [0.1, 0.15) is 11.4 Å². The molecule has 2 rings (SSSR count). The maximum absolute atomic E-state index is 14.1. The predicted octanol–water partition coefficient (Wildman–Crippen LogP) is 4.32. The van der Waals surface area contributed by atoms with E-state index in [9.17, 15) is 14.0 Å². The molecule has 1 heterocycles. The van der Waals surface area contributed by atoms with Crippen LogP contribution in [0.1, 0.15) is 38.1 Å². The van der Waals surface area contributed by atoms with Crippen molar-refractivity contribution in [3.05, 3.63) is 33.0 Å². The molecule has 8 heteroatoms. The molecule has 0 spiro atoms. The minimum absolute atomic E-state index is 0.0470. The lowest BCUT2D eigenvalue weighted by molar-refractivity contribution is 0.00190. The van der Waals surface area contributed by atoms with Gasteiger partial charge in [-0.1, -0.05) is 11.6 Å². The van der Waals surface area contributed by atoms with Gasteiger partial charge in [0, 0.05) is 30.1 Å². The average Bonchev–Trinajstić information content (AvgIpc) is 2.48. The Kier molecular flexibility index (Phi) is 5.99. The van der Waals surface area contributed by atoms with Crippen LogP contribution in [0.2, 0.25) is 5.02 Å². The van der Waals surface area contributed by atoms with Crippen LogP contribution < -0.4 is 0 Å². The Morgan fingerprint density at radius 3 is 2.52 bits per heavy atom. The van der Waals surface area contributed by atoms with Gasteiger partial charge in [-0.2, -0.15) is 0 Å². The first-order valence-electron chi connectivity index (χ1n) is 7.93. The molecule has 1 aliphatic heterocycles. The Bertz CT molecular complexity index is 693. The van der Waals surface area contributed by atoms with E-state index in [0.717, 1.165) is 6.07 Å². The number of amides is 2. The highest BCUT2D eigenvalue weighted by molar-refractivity contribution is 9.10. The number of benzene rings is 1. The Morgan fingerprint density at radius 1 is 1.32 bits per heavy atom. The summed E-state index contributed by atoms with van der Waals surface area (Å²) in [4.78, 5) is 28.0. The minimum atomic E-state index is -0.666. The second-order valence-corrected chi connectivity index (χ2v) is 8.28. The summed E-state index contributed by atoms with van der Waals surface area (Å²) in [5.74, 6) is -1.09. The number of piperazine rings is 1. The van der Waals surface area contributed by atoms with Gasteiger partial charge in [0.2, 0.25) is 0 Å². The molecule has 0 aromatic heterocycles. The highest BCUT2D eigenvalue weighted by atomic mass is 79.9. The van der Waals surface area contributed by atoms with Crippen LogP contribution in [0.15, 0.2) is 16.6 Å². The number of hydrogen-bond donors (Lipinski definition) is 0. The first-order valence-corrected chi connectivity index (χ1v) is 9.10. The van der Waals surface area contributed by atoms with Crippen LogP contribution >= 0.6 is 27.5 Å². The van der Waals surface area contributed by atoms with Gasteiger partial charge in [0.15, 0.2) is 0 Å². The lowest BCUT2D eigenvalue weighted by Gasteiger charge is -2.40. The van der Waals surface area contributed by atoms with Crippen molar-refractivity contribution < 1.29 is 18.7 Å². The second-order valence-electron chi connectivity index (χ2n) is 7.02. The van der Waals surface area contributed by atoms with E-state index < -0.39 is 23.4 Å². The topological polar surface area (TPSA) is 49.9 Å². The van der Waals surface area contributed by atoms with Crippen molar-refractivity contribution in [2.75, 3.05) is 19.6 Å². The summed E-state index contributed by atoms with van der Waals surface area (Å²) in [6.07, 6.45) is -0.410.